The number of tetrazole rings is 1. The third-order valence-corrected chi connectivity index (χ3v) is 5.67. The summed E-state index contributed by atoms with van der Waals surface area (Å²) in [5, 5.41) is 17.7. The molecule has 0 spiro atoms. The van der Waals surface area contributed by atoms with Crippen molar-refractivity contribution in [3.05, 3.63) is 88.4 Å². The highest BCUT2D eigenvalue weighted by molar-refractivity contribution is 5.94. The number of amides is 1. The van der Waals surface area contributed by atoms with Gasteiger partial charge in [0.15, 0.2) is 5.82 Å². The van der Waals surface area contributed by atoms with Crippen LogP contribution in [0.4, 0.5) is 0 Å². The van der Waals surface area contributed by atoms with Crippen LogP contribution in [0.15, 0.2) is 65.9 Å². The fraction of sp³-hybridized carbons (Fsp3) is 0.385. The number of hydrogen-bond acceptors (Lipinski definition) is 6. The first-order chi connectivity index (χ1) is 16.3. The number of aryl methyl sites for hydroxylation is 1. The lowest BCUT2D eigenvalue weighted by atomic mass is 9.87. The first-order valence-corrected chi connectivity index (χ1v) is 11.5. The van der Waals surface area contributed by atoms with Gasteiger partial charge >= 0.3 is 0 Å². The van der Waals surface area contributed by atoms with Crippen LogP contribution in [0.5, 0.6) is 0 Å². The van der Waals surface area contributed by atoms with E-state index in [2.05, 4.69) is 57.7 Å². The van der Waals surface area contributed by atoms with Gasteiger partial charge in [0.1, 0.15) is 0 Å². The number of benzene rings is 1. The second-order valence-corrected chi connectivity index (χ2v) is 8.31. The van der Waals surface area contributed by atoms with Gasteiger partial charge in [-0.1, -0.05) is 47.7 Å². The predicted molar refractivity (Wildman–Crippen MR) is 137 cm³/mol. The standard InChI is InChI=1S/C26H37N7O/c1-7-20(19(3)28-4)12-11-18(2)9-8-10-21-17-22(26(34)33(5)6)13-14-23(21)24(15-16-27)25-29-31-32-30-25/h7,9,11-14,17,24,28H,3,8,10,15-16,27H2,1-2,4-6H3,(H,29,30,31,32)/b12-11-,18-9+,20-7+. The molecule has 34 heavy (non-hydrogen) atoms. The van der Waals surface area contributed by atoms with Crippen LogP contribution in [0.1, 0.15) is 59.9 Å². The number of likely N-dealkylation sites (N-methyl/N-ethyl adjacent to an activating group) is 1. The predicted octanol–water partition coefficient (Wildman–Crippen LogP) is 3.50. The minimum absolute atomic E-state index is 0.0268. The zero-order valence-corrected chi connectivity index (χ0v) is 20.9. The van der Waals surface area contributed by atoms with E-state index in [4.69, 9.17) is 5.73 Å². The van der Waals surface area contributed by atoms with Gasteiger partial charge in [0.25, 0.3) is 5.91 Å². The van der Waals surface area contributed by atoms with Gasteiger partial charge in [-0.2, -0.15) is 5.21 Å². The van der Waals surface area contributed by atoms with E-state index in [0.29, 0.717) is 24.4 Å². The Morgan fingerprint density at radius 3 is 2.68 bits per heavy atom. The maximum absolute atomic E-state index is 12.6. The largest absolute Gasteiger partial charge is 0.388 e. The van der Waals surface area contributed by atoms with Crippen LogP contribution in [0.2, 0.25) is 0 Å². The van der Waals surface area contributed by atoms with Crippen LogP contribution >= 0.6 is 0 Å². The van der Waals surface area contributed by atoms with Crippen molar-refractivity contribution in [1.82, 2.24) is 30.8 Å². The molecular formula is C26H37N7O. The van der Waals surface area contributed by atoms with E-state index in [0.717, 1.165) is 40.8 Å². The molecule has 0 aliphatic rings. The average molecular weight is 464 g/mol. The summed E-state index contributed by atoms with van der Waals surface area (Å²) in [6, 6.07) is 5.85. The molecular weight excluding hydrogens is 426 g/mol. The first-order valence-electron chi connectivity index (χ1n) is 11.5. The van der Waals surface area contributed by atoms with Gasteiger partial charge in [0.05, 0.1) is 0 Å². The van der Waals surface area contributed by atoms with Crippen molar-refractivity contribution in [3.8, 4) is 0 Å². The smallest absolute Gasteiger partial charge is 0.253 e. The zero-order valence-electron chi connectivity index (χ0n) is 20.9. The highest BCUT2D eigenvalue weighted by atomic mass is 16.2. The Labute approximate surface area is 202 Å². The molecule has 0 saturated carbocycles. The first kappa shape index (κ1) is 26.7. The Balaban J connectivity index is 2.32. The van der Waals surface area contributed by atoms with Crippen molar-refractivity contribution >= 4 is 5.91 Å². The van der Waals surface area contributed by atoms with Gasteiger partial charge in [0, 0.05) is 38.3 Å². The molecule has 1 aromatic carbocycles. The van der Waals surface area contributed by atoms with Crippen LogP contribution in [-0.4, -0.2) is 59.1 Å². The lowest BCUT2D eigenvalue weighted by molar-refractivity contribution is 0.0827. The molecule has 0 fully saturated rings. The minimum Gasteiger partial charge on any atom is -0.388 e. The van der Waals surface area contributed by atoms with E-state index in [1.165, 1.54) is 0 Å². The second-order valence-electron chi connectivity index (χ2n) is 8.31. The Hall–Kier alpha value is -3.52. The monoisotopic (exact) mass is 463 g/mol. The molecule has 0 aliphatic carbocycles. The molecule has 1 unspecified atom stereocenters. The fourth-order valence-electron chi connectivity index (χ4n) is 3.72. The second kappa shape index (κ2) is 13.3. The molecule has 1 heterocycles. The minimum atomic E-state index is -0.0861. The number of hydrogen-bond donors (Lipinski definition) is 3. The Kier molecular flexibility index (Phi) is 10.4. The van der Waals surface area contributed by atoms with E-state index in [1.54, 1.807) is 19.0 Å². The van der Waals surface area contributed by atoms with Crippen molar-refractivity contribution in [2.45, 2.75) is 39.0 Å². The quantitative estimate of drug-likeness (QED) is 0.415. The van der Waals surface area contributed by atoms with Gasteiger partial charge < -0.3 is 16.0 Å². The third kappa shape index (κ3) is 7.25. The van der Waals surface area contributed by atoms with Crippen molar-refractivity contribution in [2.75, 3.05) is 27.7 Å². The molecule has 1 aromatic heterocycles. The zero-order chi connectivity index (χ0) is 25.1. The molecule has 8 nitrogen and oxygen atoms in total. The number of aromatic amines is 1. The third-order valence-electron chi connectivity index (χ3n) is 5.67. The Morgan fingerprint density at radius 1 is 1.32 bits per heavy atom. The maximum Gasteiger partial charge on any atom is 0.253 e. The van der Waals surface area contributed by atoms with Gasteiger partial charge in [0.2, 0.25) is 0 Å². The molecule has 4 N–H and O–H groups in total. The number of nitrogens with zero attached hydrogens (tertiary/aromatic N) is 4. The Bertz CT molecular complexity index is 1050. The molecule has 0 bridgehead atoms. The number of allylic oxidation sites excluding steroid dienone is 5. The molecule has 8 heteroatoms. The van der Waals surface area contributed by atoms with Gasteiger partial charge in [-0.3, -0.25) is 4.79 Å². The summed E-state index contributed by atoms with van der Waals surface area (Å²) in [6.07, 6.45) is 10.6. The van der Waals surface area contributed by atoms with Crippen LogP contribution in [0.3, 0.4) is 0 Å². The number of carbonyl (C=O) groups is 1. The highest BCUT2D eigenvalue weighted by Gasteiger charge is 2.22. The summed E-state index contributed by atoms with van der Waals surface area (Å²) in [5.41, 5.74) is 11.8. The number of nitrogens with one attached hydrogen (secondary N) is 2. The maximum atomic E-state index is 12.6. The number of aromatic nitrogens is 4. The summed E-state index contributed by atoms with van der Waals surface area (Å²) in [5.74, 6) is 0.495. The van der Waals surface area contributed by atoms with E-state index in [9.17, 15) is 4.79 Å². The molecule has 182 valence electrons. The lowest BCUT2D eigenvalue weighted by Gasteiger charge is -2.19. The summed E-state index contributed by atoms with van der Waals surface area (Å²) in [7, 11) is 5.38. The molecule has 0 aliphatic heterocycles. The summed E-state index contributed by atoms with van der Waals surface area (Å²) in [6.45, 7) is 8.58. The van der Waals surface area contributed by atoms with Crippen molar-refractivity contribution < 1.29 is 4.79 Å². The number of nitrogens with two attached hydrogens (primary N) is 1. The van der Waals surface area contributed by atoms with Gasteiger partial charge in [-0.05, 0) is 68.5 Å². The topological polar surface area (TPSA) is 113 Å². The van der Waals surface area contributed by atoms with E-state index in [1.807, 2.05) is 38.2 Å². The number of H-pyrrole nitrogens is 1. The van der Waals surface area contributed by atoms with Crippen LogP contribution < -0.4 is 11.1 Å². The van der Waals surface area contributed by atoms with Gasteiger partial charge in [-0.15, -0.1) is 10.2 Å². The van der Waals surface area contributed by atoms with Gasteiger partial charge in [-0.25, -0.2) is 0 Å². The van der Waals surface area contributed by atoms with E-state index in [-0.39, 0.29) is 11.8 Å². The molecule has 1 atom stereocenters. The van der Waals surface area contributed by atoms with Crippen LogP contribution in [0, 0.1) is 0 Å². The fourth-order valence-corrected chi connectivity index (χ4v) is 3.72. The molecule has 0 saturated heterocycles. The molecule has 0 radical (unpaired) electrons. The van der Waals surface area contributed by atoms with Crippen LogP contribution in [-0.2, 0) is 6.42 Å². The number of rotatable bonds is 12. The summed E-state index contributed by atoms with van der Waals surface area (Å²) in [4.78, 5) is 14.2. The molecule has 1 amide bonds. The number of carbonyl (C=O) groups excluding carboxylic acids is 1. The molecule has 2 aromatic rings. The lowest BCUT2D eigenvalue weighted by Crippen LogP contribution is -2.22. The Morgan fingerprint density at radius 2 is 2.09 bits per heavy atom. The van der Waals surface area contributed by atoms with E-state index < -0.39 is 0 Å². The van der Waals surface area contributed by atoms with Crippen molar-refractivity contribution in [2.24, 2.45) is 5.73 Å². The summed E-state index contributed by atoms with van der Waals surface area (Å²) >= 11 is 0. The average Bonchev–Trinajstić information content (AvgIpc) is 3.37. The van der Waals surface area contributed by atoms with Crippen molar-refractivity contribution in [1.29, 1.82) is 0 Å². The van der Waals surface area contributed by atoms with Crippen molar-refractivity contribution in [3.63, 3.8) is 0 Å². The highest BCUT2D eigenvalue weighted by Crippen LogP contribution is 2.29. The normalized spacial score (nSPS) is 13.2. The SMILES string of the molecule is C=C(NC)C(/C=C\C(C)=C\CCc1cc(C(=O)N(C)C)ccc1C(CCN)c1nn[nH]n1)=C/C. The summed E-state index contributed by atoms with van der Waals surface area (Å²) < 4.78 is 0. The van der Waals surface area contributed by atoms with Crippen LogP contribution in [0.25, 0.3) is 0 Å². The molecule has 2 rings (SSSR count). The van der Waals surface area contributed by atoms with E-state index >= 15 is 0 Å².